The summed E-state index contributed by atoms with van der Waals surface area (Å²) >= 11 is 6.68. The molecule has 0 saturated heterocycles. The van der Waals surface area contributed by atoms with Gasteiger partial charge < -0.3 is 24.8 Å². The zero-order valence-electron chi connectivity index (χ0n) is 24.3. The summed E-state index contributed by atoms with van der Waals surface area (Å²) in [5.74, 6) is -8.63. The first-order chi connectivity index (χ1) is 20.1. The molecular weight excluding hydrogens is 596 g/mol. The van der Waals surface area contributed by atoms with Gasteiger partial charge in [-0.1, -0.05) is 41.9 Å². The monoisotopic (exact) mass is 630 g/mol. The van der Waals surface area contributed by atoms with Crippen molar-refractivity contribution in [3.05, 3.63) is 58.1 Å². The molecule has 3 rings (SSSR count). The number of benzene rings is 2. The van der Waals surface area contributed by atoms with Gasteiger partial charge in [0.25, 0.3) is 11.8 Å². The minimum absolute atomic E-state index is 0.0279. The van der Waals surface area contributed by atoms with E-state index in [0.717, 1.165) is 4.90 Å². The first kappa shape index (κ1) is 34.0. The molecule has 1 atom stereocenters. The maximum absolute atomic E-state index is 15.1. The summed E-state index contributed by atoms with van der Waals surface area (Å²) in [6.45, 7) is 5.73. The van der Waals surface area contributed by atoms with Gasteiger partial charge in [0.2, 0.25) is 0 Å². The van der Waals surface area contributed by atoms with Gasteiger partial charge in [0, 0.05) is 37.8 Å². The van der Waals surface area contributed by atoms with Crippen LogP contribution in [0, 0.1) is 0 Å². The Kier molecular flexibility index (Phi) is 10.6. The number of urea groups is 1. The highest BCUT2D eigenvalue weighted by atomic mass is 35.5. The number of nitrogens with zero attached hydrogens (tertiary/aromatic N) is 1. The Morgan fingerprint density at radius 1 is 1.12 bits per heavy atom. The molecule has 1 aliphatic rings. The molecule has 0 bridgehead atoms. The van der Waals surface area contributed by atoms with E-state index < -0.39 is 73.4 Å². The third-order valence-electron chi connectivity index (χ3n) is 7.23. The molecule has 0 unspecified atom stereocenters. The number of hydrogen-bond donors (Lipinski definition) is 2. The quantitative estimate of drug-likeness (QED) is 0.173. The number of aliphatic carboxylic acids is 1. The van der Waals surface area contributed by atoms with Crippen LogP contribution in [0.1, 0.15) is 74.5 Å². The van der Waals surface area contributed by atoms with E-state index in [2.05, 4.69) is 5.32 Å². The van der Waals surface area contributed by atoms with Crippen LogP contribution in [0.4, 0.5) is 22.4 Å². The van der Waals surface area contributed by atoms with Crippen LogP contribution < -0.4 is 14.8 Å². The topological polar surface area (TPSA) is 105 Å². The highest BCUT2D eigenvalue weighted by Gasteiger charge is 2.62. The predicted molar refractivity (Wildman–Crippen MR) is 152 cm³/mol. The van der Waals surface area contributed by atoms with Crippen LogP contribution in [0.15, 0.2) is 36.4 Å². The molecule has 2 aromatic carbocycles. The number of halogens is 5. The third kappa shape index (κ3) is 7.90. The second-order valence-electron chi connectivity index (χ2n) is 10.6. The minimum atomic E-state index is -3.31. The number of Topliss-reactive ketones (excluding diaryl/α,β-unsaturated/α-hetero) is 1. The van der Waals surface area contributed by atoms with Gasteiger partial charge in [0.05, 0.1) is 24.3 Å². The SMILES string of the molecule is CCOc1cc([C@@H](C)N(CCC(F)(F)Cc2ccccc2)C(=O)NC2(C(=O)O)CC(F)(F)C2)c(Cl)c(OCC)c1C(C)=O. The van der Waals surface area contributed by atoms with Gasteiger partial charge in [0.15, 0.2) is 17.1 Å². The number of alkyl halides is 4. The average molecular weight is 631 g/mol. The van der Waals surface area contributed by atoms with E-state index >= 15 is 8.78 Å². The molecule has 2 aromatic rings. The number of carboxylic acids is 1. The number of carbonyl (C=O) groups is 3. The third-order valence-corrected chi connectivity index (χ3v) is 7.62. The van der Waals surface area contributed by atoms with Crippen LogP contribution in [0.25, 0.3) is 0 Å². The van der Waals surface area contributed by atoms with E-state index in [-0.39, 0.29) is 40.9 Å². The summed E-state index contributed by atoms with van der Waals surface area (Å²) in [5, 5.41) is 11.7. The maximum atomic E-state index is 15.1. The molecule has 0 heterocycles. The molecule has 0 radical (unpaired) electrons. The number of rotatable bonds is 14. The van der Waals surface area contributed by atoms with Crippen LogP contribution in [-0.4, -0.2) is 64.9 Å². The van der Waals surface area contributed by atoms with E-state index in [1.165, 1.54) is 32.0 Å². The second kappa shape index (κ2) is 13.4. The molecule has 236 valence electrons. The summed E-state index contributed by atoms with van der Waals surface area (Å²) < 4.78 is 69.1. The maximum Gasteiger partial charge on any atom is 0.329 e. The van der Waals surface area contributed by atoms with Crippen molar-refractivity contribution in [3.63, 3.8) is 0 Å². The van der Waals surface area contributed by atoms with E-state index in [4.69, 9.17) is 21.1 Å². The zero-order valence-corrected chi connectivity index (χ0v) is 25.1. The molecule has 1 aliphatic carbocycles. The Bertz CT molecular complexity index is 1330. The van der Waals surface area contributed by atoms with Crippen LogP contribution in [-0.2, 0) is 11.2 Å². The normalized spacial score (nSPS) is 16.0. The molecule has 1 saturated carbocycles. The number of hydrogen-bond acceptors (Lipinski definition) is 5. The van der Waals surface area contributed by atoms with E-state index in [1.807, 2.05) is 0 Å². The van der Waals surface area contributed by atoms with Crippen molar-refractivity contribution in [1.29, 1.82) is 0 Å². The van der Waals surface area contributed by atoms with Gasteiger partial charge in [-0.15, -0.1) is 0 Å². The van der Waals surface area contributed by atoms with Crippen LogP contribution in [0.2, 0.25) is 5.02 Å². The molecule has 2 amide bonds. The molecular formula is C30H35ClF4N2O6. The Balaban J connectivity index is 2.04. The van der Waals surface area contributed by atoms with E-state index in [0.29, 0.717) is 5.56 Å². The molecule has 13 heteroatoms. The van der Waals surface area contributed by atoms with Crippen molar-refractivity contribution >= 4 is 29.4 Å². The highest BCUT2D eigenvalue weighted by molar-refractivity contribution is 6.33. The fourth-order valence-electron chi connectivity index (χ4n) is 5.12. The first-order valence-corrected chi connectivity index (χ1v) is 14.2. The van der Waals surface area contributed by atoms with Crippen molar-refractivity contribution in [2.45, 2.75) is 76.8 Å². The van der Waals surface area contributed by atoms with Gasteiger partial charge >= 0.3 is 12.0 Å². The number of nitrogens with one attached hydrogen (secondary N) is 1. The lowest BCUT2D eigenvalue weighted by molar-refractivity contribution is -0.175. The Morgan fingerprint density at radius 2 is 1.72 bits per heavy atom. The lowest BCUT2D eigenvalue weighted by atomic mass is 9.73. The fraction of sp³-hybridized carbons (Fsp3) is 0.500. The standard InChI is InChI=1S/C30H35ClF4N2O6/c1-5-42-22-14-21(24(31)25(43-6-2)23(22)19(4)38)18(3)37(13-12-29(32,33)15-20-10-8-7-9-11-20)27(41)36-28(26(39)40)16-30(34,35)17-28/h7-11,14,18H,5-6,12-13,15-17H2,1-4H3,(H,36,41)(H,39,40)/t18-/m1/s1. The second-order valence-corrected chi connectivity index (χ2v) is 10.9. The average Bonchev–Trinajstić information content (AvgIpc) is 2.89. The lowest BCUT2D eigenvalue weighted by Crippen LogP contribution is -2.68. The number of carboxylic acid groups (broad SMARTS) is 1. The van der Waals surface area contributed by atoms with Crippen molar-refractivity contribution in [1.82, 2.24) is 10.2 Å². The predicted octanol–water partition coefficient (Wildman–Crippen LogP) is 6.93. The van der Waals surface area contributed by atoms with Crippen molar-refractivity contribution < 1.29 is 46.5 Å². The minimum Gasteiger partial charge on any atom is -0.493 e. The molecule has 0 aromatic heterocycles. The number of ketones is 1. The molecule has 1 fully saturated rings. The highest BCUT2D eigenvalue weighted by Crippen LogP contribution is 2.47. The summed E-state index contributed by atoms with van der Waals surface area (Å²) in [7, 11) is 0. The molecule has 43 heavy (non-hydrogen) atoms. The van der Waals surface area contributed by atoms with Gasteiger partial charge in [0.1, 0.15) is 11.3 Å². The lowest BCUT2D eigenvalue weighted by Gasteiger charge is -2.45. The molecule has 2 N–H and O–H groups in total. The van der Waals surface area contributed by atoms with Gasteiger partial charge in [-0.25, -0.2) is 27.2 Å². The summed E-state index contributed by atoms with van der Waals surface area (Å²) in [6, 6.07) is 7.12. The number of carbonyl (C=O) groups excluding carboxylic acids is 2. The van der Waals surface area contributed by atoms with Gasteiger partial charge in [-0.3, -0.25) is 4.79 Å². The smallest absolute Gasteiger partial charge is 0.329 e. The van der Waals surface area contributed by atoms with Crippen LogP contribution in [0.5, 0.6) is 11.5 Å². The number of amides is 2. The summed E-state index contributed by atoms with van der Waals surface area (Å²) in [5.41, 5.74) is -1.70. The largest absolute Gasteiger partial charge is 0.493 e. The van der Waals surface area contributed by atoms with Gasteiger partial charge in [-0.05, 0) is 39.3 Å². The molecule has 8 nitrogen and oxygen atoms in total. The summed E-state index contributed by atoms with van der Waals surface area (Å²) in [4.78, 5) is 38.9. The van der Waals surface area contributed by atoms with E-state index in [9.17, 15) is 28.3 Å². The molecule has 0 spiro atoms. The summed E-state index contributed by atoms with van der Waals surface area (Å²) in [6.07, 6.45) is -3.76. The first-order valence-electron chi connectivity index (χ1n) is 13.8. The van der Waals surface area contributed by atoms with Crippen molar-refractivity contribution in [3.8, 4) is 11.5 Å². The van der Waals surface area contributed by atoms with Crippen molar-refractivity contribution in [2.24, 2.45) is 0 Å². The van der Waals surface area contributed by atoms with Crippen molar-refractivity contribution in [2.75, 3.05) is 19.8 Å². The Morgan fingerprint density at radius 3 is 2.23 bits per heavy atom. The Hall–Kier alpha value is -3.54. The fourth-order valence-corrected chi connectivity index (χ4v) is 5.48. The Labute approximate surface area is 252 Å². The van der Waals surface area contributed by atoms with Crippen LogP contribution in [0.3, 0.4) is 0 Å². The van der Waals surface area contributed by atoms with E-state index in [1.54, 1.807) is 32.0 Å². The molecule has 0 aliphatic heterocycles. The number of ether oxygens (including phenoxy) is 2. The zero-order chi connectivity index (χ0) is 32.2. The van der Waals surface area contributed by atoms with Crippen LogP contribution >= 0.6 is 11.6 Å². The van der Waals surface area contributed by atoms with Gasteiger partial charge in [-0.2, -0.15) is 0 Å².